The third-order valence-electron chi connectivity index (χ3n) is 2.35. The van der Waals surface area contributed by atoms with Gasteiger partial charge in [-0.1, -0.05) is 23.3 Å². The molecular weight excluding hydrogens is 234 g/mol. The van der Waals surface area contributed by atoms with Crippen molar-refractivity contribution in [1.29, 1.82) is 0 Å². The second-order valence-electron chi connectivity index (χ2n) is 3.79. The largest absolute Gasteiger partial charge is 0.483 e. The number of nitrogens with one attached hydrogen (secondary N) is 2. The van der Waals surface area contributed by atoms with Crippen molar-refractivity contribution in [2.24, 2.45) is 0 Å². The Morgan fingerprint density at radius 1 is 1.39 bits per heavy atom. The van der Waals surface area contributed by atoms with E-state index in [0.29, 0.717) is 0 Å². The molecule has 0 fully saturated rings. The molecule has 0 unspecified atom stereocenters. The molecular formula is C11H13N5O2. The number of aryl methyl sites for hydroxylation is 2. The highest BCUT2D eigenvalue weighted by Gasteiger charge is 2.09. The van der Waals surface area contributed by atoms with Crippen molar-refractivity contribution < 1.29 is 9.53 Å². The minimum atomic E-state index is -0.334. The van der Waals surface area contributed by atoms with Crippen molar-refractivity contribution in [3.05, 3.63) is 29.3 Å². The predicted octanol–water partition coefficient (Wildman–Crippen LogP) is 0.834. The normalized spacial score (nSPS) is 10.1. The number of aromatic nitrogens is 4. The second-order valence-corrected chi connectivity index (χ2v) is 3.79. The van der Waals surface area contributed by atoms with Gasteiger partial charge in [-0.25, -0.2) is 0 Å². The summed E-state index contributed by atoms with van der Waals surface area (Å²) in [6.07, 6.45) is 0. The highest BCUT2D eigenvalue weighted by atomic mass is 16.5. The number of carbonyl (C=O) groups is 1. The smallest absolute Gasteiger partial charge is 0.269 e. The fourth-order valence-electron chi connectivity index (χ4n) is 1.54. The van der Waals surface area contributed by atoms with E-state index in [4.69, 9.17) is 4.74 Å². The molecule has 0 saturated heterocycles. The summed E-state index contributed by atoms with van der Waals surface area (Å²) in [5.74, 6) is 0.518. The number of carbonyl (C=O) groups excluding carboxylic acids is 1. The van der Waals surface area contributed by atoms with Crippen LogP contribution in [-0.2, 0) is 4.79 Å². The third kappa shape index (κ3) is 2.82. The molecule has 0 saturated carbocycles. The van der Waals surface area contributed by atoms with Crippen molar-refractivity contribution in [3.8, 4) is 5.75 Å². The van der Waals surface area contributed by atoms with Crippen molar-refractivity contribution in [1.82, 2.24) is 20.6 Å². The van der Waals surface area contributed by atoms with E-state index in [-0.39, 0.29) is 18.5 Å². The SMILES string of the molecule is Cc1cccc(C)c1OCC(=O)Nc1nn[nH]n1. The second kappa shape index (κ2) is 5.26. The van der Waals surface area contributed by atoms with E-state index < -0.39 is 0 Å². The van der Waals surface area contributed by atoms with Crippen LogP contribution in [0.25, 0.3) is 0 Å². The first-order chi connectivity index (χ1) is 8.66. The van der Waals surface area contributed by atoms with Crippen molar-refractivity contribution in [2.75, 3.05) is 11.9 Å². The molecule has 2 rings (SSSR count). The molecule has 0 atom stereocenters. The van der Waals surface area contributed by atoms with Gasteiger partial charge in [0.05, 0.1) is 0 Å². The summed E-state index contributed by atoms with van der Waals surface area (Å²) in [4.78, 5) is 11.5. The fraction of sp³-hybridized carbons (Fsp3) is 0.273. The van der Waals surface area contributed by atoms with Gasteiger partial charge in [-0.15, -0.1) is 5.10 Å². The molecule has 7 nitrogen and oxygen atoms in total. The minimum Gasteiger partial charge on any atom is -0.483 e. The third-order valence-corrected chi connectivity index (χ3v) is 2.35. The number of aromatic amines is 1. The zero-order chi connectivity index (χ0) is 13.0. The lowest BCUT2D eigenvalue weighted by atomic mass is 10.1. The summed E-state index contributed by atoms with van der Waals surface area (Å²) in [5, 5.41) is 15.2. The Morgan fingerprint density at radius 2 is 2.11 bits per heavy atom. The number of anilines is 1. The summed E-state index contributed by atoms with van der Waals surface area (Å²) < 4.78 is 5.48. The highest BCUT2D eigenvalue weighted by molar-refractivity contribution is 5.90. The number of hydrogen-bond acceptors (Lipinski definition) is 5. The van der Waals surface area contributed by atoms with Gasteiger partial charge in [-0.3, -0.25) is 10.1 Å². The Labute approximate surface area is 104 Å². The number of benzene rings is 1. The van der Waals surface area contributed by atoms with Gasteiger partial charge < -0.3 is 4.74 Å². The quantitative estimate of drug-likeness (QED) is 0.834. The zero-order valence-electron chi connectivity index (χ0n) is 10.1. The van der Waals surface area contributed by atoms with Crippen LogP contribution in [0.15, 0.2) is 18.2 Å². The maximum Gasteiger partial charge on any atom is 0.269 e. The molecule has 0 aliphatic heterocycles. The average molecular weight is 247 g/mol. The van der Waals surface area contributed by atoms with Crippen LogP contribution in [-0.4, -0.2) is 33.1 Å². The maximum atomic E-state index is 11.5. The van der Waals surface area contributed by atoms with Gasteiger partial charge in [0.15, 0.2) is 6.61 Å². The van der Waals surface area contributed by atoms with Gasteiger partial charge in [-0.2, -0.15) is 5.21 Å². The molecule has 0 aliphatic rings. The lowest BCUT2D eigenvalue weighted by molar-refractivity contribution is -0.118. The van der Waals surface area contributed by atoms with Crippen molar-refractivity contribution in [2.45, 2.75) is 13.8 Å². The first-order valence-electron chi connectivity index (χ1n) is 5.39. The van der Waals surface area contributed by atoms with Crippen LogP contribution in [0.3, 0.4) is 0 Å². The van der Waals surface area contributed by atoms with E-state index in [1.54, 1.807) is 0 Å². The minimum absolute atomic E-state index is 0.0970. The Kier molecular flexibility index (Phi) is 3.52. The number of tetrazole rings is 1. The molecule has 0 bridgehead atoms. The molecule has 0 spiro atoms. The number of H-pyrrole nitrogens is 1. The predicted molar refractivity (Wildman–Crippen MR) is 64.2 cm³/mol. The van der Waals surface area contributed by atoms with Gasteiger partial charge in [0.1, 0.15) is 5.75 Å². The Balaban J connectivity index is 1.93. The maximum absolute atomic E-state index is 11.5. The van der Waals surface area contributed by atoms with Crippen molar-refractivity contribution >= 4 is 11.9 Å². The van der Waals surface area contributed by atoms with Crippen LogP contribution in [0.5, 0.6) is 5.75 Å². The summed E-state index contributed by atoms with van der Waals surface area (Å²) in [6.45, 7) is 3.76. The number of hydrogen-bond donors (Lipinski definition) is 2. The van der Waals surface area contributed by atoms with Crippen LogP contribution in [0.1, 0.15) is 11.1 Å². The lowest BCUT2D eigenvalue weighted by Crippen LogP contribution is -2.21. The zero-order valence-corrected chi connectivity index (χ0v) is 10.1. The number of amides is 1. The molecule has 1 heterocycles. The molecule has 7 heteroatoms. The van der Waals surface area contributed by atoms with Gasteiger partial charge in [0, 0.05) is 0 Å². The molecule has 94 valence electrons. The molecule has 2 N–H and O–H groups in total. The first-order valence-corrected chi connectivity index (χ1v) is 5.39. The monoisotopic (exact) mass is 247 g/mol. The van der Waals surface area contributed by atoms with E-state index in [2.05, 4.69) is 25.9 Å². The topological polar surface area (TPSA) is 92.8 Å². The Hall–Kier alpha value is -2.44. The van der Waals surface area contributed by atoms with E-state index in [1.165, 1.54) is 0 Å². The summed E-state index contributed by atoms with van der Waals surface area (Å²) in [7, 11) is 0. The lowest BCUT2D eigenvalue weighted by Gasteiger charge is -2.10. The first kappa shape index (κ1) is 12.0. The molecule has 0 aliphatic carbocycles. The van der Waals surface area contributed by atoms with Crippen LogP contribution in [0, 0.1) is 13.8 Å². The molecule has 1 aromatic carbocycles. The van der Waals surface area contributed by atoms with Crippen LogP contribution < -0.4 is 10.1 Å². The van der Waals surface area contributed by atoms with Gasteiger partial charge in [-0.05, 0) is 30.2 Å². The standard InChI is InChI=1S/C11H13N5O2/c1-7-4-3-5-8(2)10(7)18-6-9(17)12-11-13-15-16-14-11/h3-5H,6H2,1-2H3,(H2,12,13,14,15,16,17). The number of rotatable bonds is 4. The van der Waals surface area contributed by atoms with Gasteiger partial charge in [0.2, 0.25) is 0 Å². The van der Waals surface area contributed by atoms with E-state index in [1.807, 2.05) is 32.0 Å². The number of para-hydroxylation sites is 1. The van der Waals surface area contributed by atoms with Crippen molar-refractivity contribution in [3.63, 3.8) is 0 Å². The summed E-state index contributed by atoms with van der Waals surface area (Å²) in [5.41, 5.74) is 1.98. The highest BCUT2D eigenvalue weighted by Crippen LogP contribution is 2.22. The van der Waals surface area contributed by atoms with Crippen LogP contribution >= 0.6 is 0 Å². The number of ether oxygens (including phenoxy) is 1. The molecule has 1 amide bonds. The van der Waals surface area contributed by atoms with Crippen LogP contribution in [0.2, 0.25) is 0 Å². The van der Waals surface area contributed by atoms with Gasteiger partial charge in [0.25, 0.3) is 11.9 Å². The summed E-state index contributed by atoms with van der Waals surface area (Å²) >= 11 is 0. The van der Waals surface area contributed by atoms with Crippen LogP contribution in [0.4, 0.5) is 5.95 Å². The van der Waals surface area contributed by atoms with E-state index in [9.17, 15) is 4.79 Å². The molecule has 18 heavy (non-hydrogen) atoms. The van der Waals surface area contributed by atoms with E-state index >= 15 is 0 Å². The molecule has 0 radical (unpaired) electrons. The van der Waals surface area contributed by atoms with Gasteiger partial charge >= 0.3 is 0 Å². The average Bonchev–Trinajstić information content (AvgIpc) is 2.81. The molecule has 1 aromatic heterocycles. The summed E-state index contributed by atoms with van der Waals surface area (Å²) in [6, 6.07) is 5.80. The Morgan fingerprint density at radius 3 is 2.72 bits per heavy atom. The Bertz CT molecular complexity index is 518. The fourth-order valence-corrected chi connectivity index (χ4v) is 1.54. The number of nitrogens with zero attached hydrogens (tertiary/aromatic N) is 3. The van der Waals surface area contributed by atoms with E-state index in [0.717, 1.165) is 16.9 Å². The molecule has 2 aromatic rings.